The Morgan fingerprint density at radius 1 is 1.20 bits per heavy atom. The molecule has 1 amide bonds. The van der Waals surface area contributed by atoms with Crippen molar-refractivity contribution in [2.24, 2.45) is 0 Å². The number of nitrogen functional groups attached to an aromatic ring is 1. The molecule has 8 heteroatoms. The van der Waals surface area contributed by atoms with Gasteiger partial charge in [-0.15, -0.1) is 11.6 Å². The third kappa shape index (κ3) is 4.15. The lowest BCUT2D eigenvalue weighted by molar-refractivity contribution is 0.0984. The number of hydrogen-bond acceptors (Lipinski definition) is 5. The van der Waals surface area contributed by atoms with Gasteiger partial charge in [-0.2, -0.15) is 0 Å². The lowest BCUT2D eigenvalue weighted by Crippen LogP contribution is -2.30. The molecule has 0 radical (unpaired) electrons. The summed E-state index contributed by atoms with van der Waals surface area (Å²) < 4.78 is 11.5. The number of rotatable bonds is 7. The van der Waals surface area contributed by atoms with Gasteiger partial charge < -0.3 is 30.0 Å². The minimum atomic E-state index is -0.136. The van der Waals surface area contributed by atoms with Crippen LogP contribution in [0.5, 0.6) is 11.5 Å². The zero-order chi connectivity index (χ0) is 24.7. The fraction of sp³-hybridized carbons (Fsp3) is 0.296. The summed E-state index contributed by atoms with van der Waals surface area (Å²) in [5.41, 5.74) is 10.2. The summed E-state index contributed by atoms with van der Waals surface area (Å²) in [5.74, 6) is 1.62. The number of aromatic nitrogens is 1. The summed E-state index contributed by atoms with van der Waals surface area (Å²) in [6, 6.07) is 15.5. The Balaban J connectivity index is 1.55. The normalized spacial score (nSPS) is 15.2. The third-order valence-electron chi connectivity index (χ3n) is 6.56. The maximum absolute atomic E-state index is 13.8. The molecule has 1 aliphatic heterocycles. The van der Waals surface area contributed by atoms with Crippen LogP contribution in [0.2, 0.25) is 0 Å². The van der Waals surface area contributed by atoms with E-state index in [9.17, 15) is 4.79 Å². The molecule has 2 heterocycles. The van der Waals surface area contributed by atoms with Crippen LogP contribution in [-0.2, 0) is 0 Å². The van der Waals surface area contributed by atoms with Gasteiger partial charge in [-0.25, -0.2) is 0 Å². The van der Waals surface area contributed by atoms with Crippen molar-refractivity contribution in [1.29, 1.82) is 0 Å². The Labute approximate surface area is 209 Å². The molecule has 0 spiro atoms. The molecule has 3 N–H and O–H groups in total. The van der Waals surface area contributed by atoms with E-state index in [0.717, 1.165) is 39.5 Å². The van der Waals surface area contributed by atoms with Crippen molar-refractivity contribution in [2.45, 2.75) is 5.92 Å². The number of amides is 1. The zero-order valence-corrected chi connectivity index (χ0v) is 20.9. The molecule has 1 aromatic heterocycles. The standard InChI is InChI=1S/C27H29ClN4O3/c1-31(2)8-9-35-24-12-18(34-3)10-16-11-22(30-26(16)24)27(33)32-15-17(14-28)25-20-7-5-4-6-19(20)21(29)13-23(25)32/h4-7,10-13,17,30H,8-9,14-15,29H2,1-3H3. The molecule has 0 fully saturated rings. The van der Waals surface area contributed by atoms with E-state index >= 15 is 0 Å². The number of nitrogens with zero attached hydrogens (tertiary/aromatic N) is 2. The van der Waals surface area contributed by atoms with Gasteiger partial charge >= 0.3 is 0 Å². The van der Waals surface area contributed by atoms with Crippen molar-refractivity contribution in [3.05, 3.63) is 59.8 Å². The molecular formula is C27H29ClN4O3. The highest BCUT2D eigenvalue weighted by molar-refractivity contribution is 6.19. The van der Waals surface area contributed by atoms with E-state index in [2.05, 4.69) is 9.88 Å². The smallest absolute Gasteiger partial charge is 0.274 e. The van der Waals surface area contributed by atoms with Crippen LogP contribution in [0.15, 0.2) is 48.5 Å². The minimum absolute atomic E-state index is 0.0236. The molecule has 0 bridgehead atoms. The average Bonchev–Trinajstić information content (AvgIpc) is 3.45. The molecule has 0 saturated carbocycles. The molecule has 3 aromatic carbocycles. The summed E-state index contributed by atoms with van der Waals surface area (Å²) in [6.07, 6.45) is 0. The molecule has 1 unspecified atom stereocenters. The number of nitrogens with one attached hydrogen (secondary N) is 1. The van der Waals surface area contributed by atoms with E-state index in [1.807, 2.05) is 62.6 Å². The van der Waals surface area contributed by atoms with Crippen LogP contribution >= 0.6 is 11.6 Å². The first-order chi connectivity index (χ1) is 16.9. The first kappa shape index (κ1) is 23.3. The van der Waals surface area contributed by atoms with Gasteiger partial charge in [0, 0.05) is 47.4 Å². The number of ether oxygens (including phenoxy) is 2. The molecule has 35 heavy (non-hydrogen) atoms. The van der Waals surface area contributed by atoms with Gasteiger partial charge in [-0.05, 0) is 43.2 Å². The van der Waals surface area contributed by atoms with Crippen LogP contribution in [0, 0.1) is 0 Å². The fourth-order valence-electron chi connectivity index (χ4n) is 4.81. The van der Waals surface area contributed by atoms with Gasteiger partial charge in [0.2, 0.25) is 0 Å². The predicted molar refractivity (Wildman–Crippen MR) is 142 cm³/mol. The summed E-state index contributed by atoms with van der Waals surface area (Å²) in [7, 11) is 5.60. The van der Waals surface area contributed by atoms with Crippen LogP contribution < -0.4 is 20.1 Å². The van der Waals surface area contributed by atoms with E-state index in [1.165, 1.54) is 0 Å². The van der Waals surface area contributed by atoms with Gasteiger partial charge in [0.05, 0.1) is 18.3 Å². The van der Waals surface area contributed by atoms with Crippen LogP contribution in [-0.4, -0.2) is 62.6 Å². The topological polar surface area (TPSA) is 83.8 Å². The monoisotopic (exact) mass is 492 g/mol. The summed E-state index contributed by atoms with van der Waals surface area (Å²) in [4.78, 5) is 20.9. The van der Waals surface area contributed by atoms with E-state index in [1.54, 1.807) is 12.0 Å². The van der Waals surface area contributed by atoms with Gasteiger partial charge in [0.1, 0.15) is 23.8 Å². The first-order valence-electron chi connectivity index (χ1n) is 11.6. The number of nitrogens with two attached hydrogens (primary N) is 1. The number of likely N-dealkylation sites (N-methyl/N-ethyl adjacent to an activating group) is 1. The molecular weight excluding hydrogens is 464 g/mol. The average molecular weight is 493 g/mol. The highest BCUT2D eigenvalue weighted by Gasteiger charge is 2.35. The second-order valence-electron chi connectivity index (χ2n) is 9.14. The van der Waals surface area contributed by atoms with Crippen molar-refractivity contribution in [3.8, 4) is 11.5 Å². The van der Waals surface area contributed by atoms with Crippen LogP contribution in [0.1, 0.15) is 22.0 Å². The van der Waals surface area contributed by atoms with Crippen molar-refractivity contribution < 1.29 is 14.3 Å². The molecule has 1 atom stereocenters. The van der Waals surface area contributed by atoms with Crippen LogP contribution in [0.25, 0.3) is 21.7 Å². The summed E-state index contributed by atoms with van der Waals surface area (Å²) in [6.45, 7) is 1.78. The number of halogens is 1. The summed E-state index contributed by atoms with van der Waals surface area (Å²) >= 11 is 6.37. The molecule has 7 nitrogen and oxygen atoms in total. The number of fused-ring (bicyclic) bond motifs is 4. The number of alkyl halides is 1. The Kier molecular flexibility index (Phi) is 6.21. The Bertz CT molecular complexity index is 1410. The molecule has 0 saturated heterocycles. The largest absolute Gasteiger partial charge is 0.497 e. The van der Waals surface area contributed by atoms with Crippen molar-refractivity contribution in [2.75, 3.05) is 57.4 Å². The van der Waals surface area contributed by atoms with E-state index in [4.69, 9.17) is 26.8 Å². The fourth-order valence-corrected chi connectivity index (χ4v) is 5.06. The summed E-state index contributed by atoms with van der Waals surface area (Å²) in [5, 5.41) is 2.87. The maximum atomic E-state index is 13.8. The first-order valence-corrected chi connectivity index (χ1v) is 12.1. The number of methoxy groups -OCH3 is 1. The number of carbonyl (C=O) groups is 1. The second kappa shape index (κ2) is 9.32. The lowest BCUT2D eigenvalue weighted by atomic mass is 9.95. The predicted octanol–water partition coefficient (Wildman–Crippen LogP) is 4.84. The number of aromatic amines is 1. The molecule has 0 aliphatic carbocycles. The van der Waals surface area contributed by atoms with Crippen LogP contribution in [0.3, 0.4) is 0 Å². The molecule has 5 rings (SSSR count). The molecule has 182 valence electrons. The van der Waals surface area contributed by atoms with Crippen molar-refractivity contribution in [1.82, 2.24) is 9.88 Å². The second-order valence-corrected chi connectivity index (χ2v) is 9.44. The zero-order valence-electron chi connectivity index (χ0n) is 20.1. The Morgan fingerprint density at radius 3 is 2.69 bits per heavy atom. The van der Waals surface area contributed by atoms with Gasteiger partial charge in [0.25, 0.3) is 5.91 Å². The lowest BCUT2D eigenvalue weighted by Gasteiger charge is -2.18. The van der Waals surface area contributed by atoms with Crippen molar-refractivity contribution >= 4 is 50.6 Å². The highest BCUT2D eigenvalue weighted by atomic mass is 35.5. The maximum Gasteiger partial charge on any atom is 0.274 e. The number of anilines is 2. The highest BCUT2D eigenvalue weighted by Crippen LogP contribution is 2.44. The Morgan fingerprint density at radius 2 is 1.97 bits per heavy atom. The van der Waals surface area contributed by atoms with Crippen LogP contribution in [0.4, 0.5) is 11.4 Å². The number of hydrogen-bond donors (Lipinski definition) is 2. The number of benzene rings is 3. The molecule has 1 aliphatic rings. The quantitative estimate of drug-likeness (QED) is 0.285. The van der Waals surface area contributed by atoms with Gasteiger partial charge in [0.15, 0.2) is 0 Å². The molecule has 4 aromatic rings. The van der Waals surface area contributed by atoms with Gasteiger partial charge in [-0.1, -0.05) is 24.3 Å². The minimum Gasteiger partial charge on any atom is -0.497 e. The third-order valence-corrected chi connectivity index (χ3v) is 6.93. The van der Waals surface area contributed by atoms with E-state index in [-0.39, 0.29) is 11.8 Å². The number of carbonyl (C=O) groups excluding carboxylic acids is 1. The van der Waals surface area contributed by atoms with E-state index < -0.39 is 0 Å². The van der Waals surface area contributed by atoms with E-state index in [0.29, 0.717) is 41.9 Å². The van der Waals surface area contributed by atoms with Crippen molar-refractivity contribution in [3.63, 3.8) is 0 Å². The number of H-pyrrole nitrogens is 1. The SMILES string of the molecule is COc1cc(OCCN(C)C)c2[nH]c(C(=O)N3CC(CCl)c4c3cc(N)c3ccccc43)cc2c1. The Hall–Kier alpha value is -3.42. The van der Waals surface area contributed by atoms with Gasteiger partial charge in [-0.3, -0.25) is 4.79 Å².